The molecular weight excluding hydrogens is 164 g/mol. The Morgan fingerprint density at radius 1 is 1.31 bits per heavy atom. The first-order valence-electron chi connectivity index (χ1n) is 5.13. The molecule has 1 rings (SSSR count). The van der Waals surface area contributed by atoms with Gasteiger partial charge in [0.25, 0.3) is 0 Å². The van der Waals surface area contributed by atoms with E-state index in [1.165, 1.54) is 19.3 Å². The number of nitrogens with one attached hydrogen (secondary N) is 1. The van der Waals surface area contributed by atoms with Crippen LogP contribution in [0.4, 0.5) is 0 Å². The van der Waals surface area contributed by atoms with Crippen molar-refractivity contribution in [3.63, 3.8) is 0 Å². The van der Waals surface area contributed by atoms with Crippen LogP contribution in [0.1, 0.15) is 32.1 Å². The molecule has 0 fully saturated rings. The minimum absolute atomic E-state index is 0.443. The van der Waals surface area contributed by atoms with Gasteiger partial charge >= 0.3 is 0 Å². The van der Waals surface area contributed by atoms with Gasteiger partial charge in [0.2, 0.25) is 0 Å². The molecule has 76 valence electrons. The van der Waals surface area contributed by atoms with E-state index in [2.05, 4.69) is 17.6 Å². The van der Waals surface area contributed by atoms with E-state index in [1.54, 1.807) is 0 Å². The van der Waals surface area contributed by atoms with E-state index >= 15 is 0 Å². The Kier molecular flexibility index (Phi) is 5.81. The summed E-state index contributed by atoms with van der Waals surface area (Å²) in [5, 5.41) is 0. The average Bonchev–Trinajstić information content (AvgIpc) is 2.08. The number of hydrazine groups is 1. The maximum Gasteiger partial charge on any atom is 0.0608 e. The van der Waals surface area contributed by atoms with Gasteiger partial charge < -0.3 is 4.74 Å². The number of hydrogen-bond donors (Lipinski definition) is 2. The maximum absolute atomic E-state index is 5.68. The van der Waals surface area contributed by atoms with Crippen LogP contribution in [0.3, 0.4) is 0 Å². The van der Waals surface area contributed by atoms with Crippen LogP contribution in [-0.4, -0.2) is 19.3 Å². The zero-order chi connectivity index (χ0) is 9.36. The summed E-state index contributed by atoms with van der Waals surface area (Å²) in [6.07, 6.45) is 10.9. The monoisotopic (exact) mass is 184 g/mol. The van der Waals surface area contributed by atoms with Crippen LogP contribution < -0.4 is 11.3 Å². The molecule has 1 aliphatic carbocycles. The molecule has 0 saturated carbocycles. The zero-order valence-electron chi connectivity index (χ0n) is 8.17. The first kappa shape index (κ1) is 10.7. The summed E-state index contributed by atoms with van der Waals surface area (Å²) in [4.78, 5) is 0. The second-order valence-corrected chi connectivity index (χ2v) is 3.43. The summed E-state index contributed by atoms with van der Waals surface area (Å²) in [5.41, 5.74) is 2.60. The molecule has 0 aromatic heterocycles. The summed E-state index contributed by atoms with van der Waals surface area (Å²) >= 11 is 0. The van der Waals surface area contributed by atoms with Crippen LogP contribution in [0.15, 0.2) is 12.2 Å². The highest BCUT2D eigenvalue weighted by Crippen LogP contribution is 2.14. The van der Waals surface area contributed by atoms with Crippen LogP contribution in [0.5, 0.6) is 0 Å². The van der Waals surface area contributed by atoms with Crippen molar-refractivity contribution in [1.29, 1.82) is 0 Å². The first-order chi connectivity index (χ1) is 6.43. The second-order valence-electron chi connectivity index (χ2n) is 3.43. The molecule has 0 aliphatic heterocycles. The van der Waals surface area contributed by atoms with Gasteiger partial charge in [0.05, 0.1) is 12.7 Å². The van der Waals surface area contributed by atoms with Crippen molar-refractivity contribution in [2.45, 2.75) is 38.2 Å². The van der Waals surface area contributed by atoms with E-state index in [0.717, 1.165) is 26.0 Å². The summed E-state index contributed by atoms with van der Waals surface area (Å²) < 4.78 is 5.68. The zero-order valence-corrected chi connectivity index (χ0v) is 8.17. The number of hydrogen-bond acceptors (Lipinski definition) is 3. The summed E-state index contributed by atoms with van der Waals surface area (Å²) in [6.45, 7) is 1.47. The summed E-state index contributed by atoms with van der Waals surface area (Å²) in [6, 6.07) is 0. The van der Waals surface area contributed by atoms with Crippen molar-refractivity contribution in [2.75, 3.05) is 13.2 Å². The fourth-order valence-corrected chi connectivity index (χ4v) is 1.58. The Morgan fingerprint density at radius 3 is 3.00 bits per heavy atom. The van der Waals surface area contributed by atoms with Crippen molar-refractivity contribution in [3.8, 4) is 0 Å². The molecule has 0 aromatic rings. The minimum Gasteiger partial charge on any atom is -0.377 e. The SMILES string of the molecule is NNCCOC1CCC=CCCC1. The molecule has 0 saturated heterocycles. The lowest BCUT2D eigenvalue weighted by Gasteiger charge is -2.18. The van der Waals surface area contributed by atoms with E-state index in [-0.39, 0.29) is 0 Å². The van der Waals surface area contributed by atoms with Crippen LogP contribution >= 0.6 is 0 Å². The smallest absolute Gasteiger partial charge is 0.0608 e. The van der Waals surface area contributed by atoms with E-state index < -0.39 is 0 Å². The highest BCUT2D eigenvalue weighted by atomic mass is 16.5. The van der Waals surface area contributed by atoms with Gasteiger partial charge in [-0.2, -0.15) is 0 Å². The van der Waals surface area contributed by atoms with Crippen LogP contribution in [-0.2, 0) is 4.74 Å². The number of allylic oxidation sites excluding steroid dienone is 2. The van der Waals surface area contributed by atoms with Gasteiger partial charge in [-0.25, -0.2) is 0 Å². The van der Waals surface area contributed by atoms with Gasteiger partial charge in [0.1, 0.15) is 0 Å². The third-order valence-electron chi connectivity index (χ3n) is 2.32. The van der Waals surface area contributed by atoms with Crippen molar-refractivity contribution < 1.29 is 4.74 Å². The lowest BCUT2D eigenvalue weighted by atomic mass is 10.0. The third kappa shape index (κ3) is 5.03. The standard InChI is InChI=1S/C10H20N2O/c11-12-8-9-13-10-6-4-2-1-3-5-7-10/h1-2,10,12H,3-9,11H2. The van der Waals surface area contributed by atoms with Gasteiger partial charge in [-0.1, -0.05) is 12.2 Å². The lowest BCUT2D eigenvalue weighted by molar-refractivity contribution is 0.0425. The second kappa shape index (κ2) is 7.06. The first-order valence-corrected chi connectivity index (χ1v) is 5.13. The molecule has 1 unspecified atom stereocenters. The molecule has 0 heterocycles. The third-order valence-corrected chi connectivity index (χ3v) is 2.32. The summed E-state index contributed by atoms with van der Waals surface area (Å²) in [7, 11) is 0. The average molecular weight is 184 g/mol. The van der Waals surface area contributed by atoms with Gasteiger partial charge in [-0.05, 0) is 32.1 Å². The Bertz CT molecular complexity index is 148. The van der Waals surface area contributed by atoms with Gasteiger partial charge in [-0.15, -0.1) is 0 Å². The van der Waals surface area contributed by atoms with Crippen molar-refractivity contribution in [3.05, 3.63) is 12.2 Å². The molecule has 3 nitrogen and oxygen atoms in total. The quantitative estimate of drug-likeness (QED) is 0.300. The number of ether oxygens (including phenoxy) is 1. The van der Waals surface area contributed by atoms with Crippen molar-refractivity contribution in [1.82, 2.24) is 5.43 Å². The molecule has 0 bridgehead atoms. The Hall–Kier alpha value is -0.380. The van der Waals surface area contributed by atoms with E-state index in [9.17, 15) is 0 Å². The van der Waals surface area contributed by atoms with Crippen molar-refractivity contribution in [2.24, 2.45) is 5.84 Å². The Balaban J connectivity index is 2.12. The Labute approximate surface area is 80.3 Å². The molecular formula is C10H20N2O. The Morgan fingerprint density at radius 2 is 2.15 bits per heavy atom. The predicted molar refractivity (Wildman–Crippen MR) is 54.2 cm³/mol. The molecule has 0 aromatic carbocycles. The molecule has 0 radical (unpaired) electrons. The van der Waals surface area contributed by atoms with Crippen molar-refractivity contribution >= 4 is 0 Å². The largest absolute Gasteiger partial charge is 0.377 e. The van der Waals surface area contributed by atoms with Crippen LogP contribution in [0.2, 0.25) is 0 Å². The molecule has 0 amide bonds. The number of nitrogens with two attached hydrogens (primary N) is 1. The fraction of sp³-hybridized carbons (Fsp3) is 0.800. The fourth-order valence-electron chi connectivity index (χ4n) is 1.58. The topological polar surface area (TPSA) is 47.3 Å². The molecule has 0 spiro atoms. The van der Waals surface area contributed by atoms with E-state index in [4.69, 9.17) is 10.6 Å². The highest BCUT2D eigenvalue weighted by Gasteiger charge is 2.08. The van der Waals surface area contributed by atoms with E-state index in [1.807, 2.05) is 0 Å². The summed E-state index contributed by atoms with van der Waals surface area (Å²) in [5.74, 6) is 5.16. The number of rotatable bonds is 4. The van der Waals surface area contributed by atoms with Gasteiger partial charge in [-0.3, -0.25) is 11.3 Å². The van der Waals surface area contributed by atoms with Gasteiger partial charge in [0, 0.05) is 6.54 Å². The molecule has 13 heavy (non-hydrogen) atoms. The molecule has 3 heteroatoms. The highest BCUT2D eigenvalue weighted by molar-refractivity contribution is 4.85. The molecule has 3 N–H and O–H groups in total. The van der Waals surface area contributed by atoms with Crippen LogP contribution in [0.25, 0.3) is 0 Å². The van der Waals surface area contributed by atoms with Crippen LogP contribution in [0, 0.1) is 0 Å². The molecule has 1 aliphatic rings. The maximum atomic E-state index is 5.68. The predicted octanol–water partition coefficient (Wildman–Crippen LogP) is 1.36. The normalized spacial score (nSPS) is 23.9. The molecule has 1 atom stereocenters. The minimum atomic E-state index is 0.443. The van der Waals surface area contributed by atoms with E-state index in [0.29, 0.717) is 6.10 Å². The lowest BCUT2D eigenvalue weighted by Crippen LogP contribution is -2.28. The van der Waals surface area contributed by atoms with Gasteiger partial charge in [0.15, 0.2) is 0 Å².